The number of rotatable bonds is 3. The van der Waals surface area contributed by atoms with Gasteiger partial charge in [-0.15, -0.1) is 11.3 Å². The van der Waals surface area contributed by atoms with E-state index in [-0.39, 0.29) is 5.91 Å². The van der Waals surface area contributed by atoms with E-state index in [0.717, 1.165) is 18.7 Å². The summed E-state index contributed by atoms with van der Waals surface area (Å²) in [6, 6.07) is 4.06. The van der Waals surface area contributed by atoms with Crippen molar-refractivity contribution in [3.8, 4) is 0 Å². The van der Waals surface area contributed by atoms with E-state index >= 15 is 0 Å². The topological polar surface area (TPSA) is 66.9 Å². The number of carbonyl (C=O) groups excluding carboxylic acids is 1. The number of pyridine rings is 1. The lowest BCUT2D eigenvalue weighted by Crippen LogP contribution is -2.16. The molecule has 98 valence electrons. The lowest BCUT2D eigenvalue weighted by Gasteiger charge is -2.09. The van der Waals surface area contributed by atoms with Crippen molar-refractivity contribution in [1.82, 2.24) is 15.3 Å². The Morgan fingerprint density at radius 1 is 1.42 bits per heavy atom. The van der Waals surface area contributed by atoms with Crippen molar-refractivity contribution in [3.63, 3.8) is 0 Å². The average molecular weight is 274 g/mol. The van der Waals surface area contributed by atoms with Gasteiger partial charge in [-0.25, -0.2) is 4.98 Å². The van der Waals surface area contributed by atoms with Crippen LogP contribution in [-0.2, 0) is 0 Å². The summed E-state index contributed by atoms with van der Waals surface area (Å²) in [5.41, 5.74) is 1.56. The van der Waals surface area contributed by atoms with E-state index in [1.807, 2.05) is 17.5 Å². The van der Waals surface area contributed by atoms with Crippen LogP contribution in [0.15, 0.2) is 29.9 Å². The molecule has 2 aromatic heterocycles. The van der Waals surface area contributed by atoms with Crippen molar-refractivity contribution < 1.29 is 4.79 Å². The quantitative estimate of drug-likeness (QED) is 0.900. The Morgan fingerprint density at radius 3 is 3.00 bits per heavy atom. The largest absolute Gasteiger partial charge is 0.309 e. The van der Waals surface area contributed by atoms with E-state index in [1.165, 1.54) is 17.8 Å². The van der Waals surface area contributed by atoms with Gasteiger partial charge in [-0.2, -0.15) is 0 Å². The van der Waals surface area contributed by atoms with Gasteiger partial charge in [0, 0.05) is 23.8 Å². The first-order chi connectivity index (χ1) is 9.33. The molecule has 0 spiro atoms. The molecule has 2 N–H and O–H groups in total. The number of amides is 1. The van der Waals surface area contributed by atoms with Crippen LogP contribution in [0.3, 0.4) is 0 Å². The Kier molecular flexibility index (Phi) is 3.52. The summed E-state index contributed by atoms with van der Waals surface area (Å²) in [6.45, 7) is 1.04. The van der Waals surface area contributed by atoms with Gasteiger partial charge in [-0.3, -0.25) is 15.1 Å². The van der Waals surface area contributed by atoms with Crippen LogP contribution in [0, 0.1) is 0 Å². The van der Waals surface area contributed by atoms with Gasteiger partial charge in [-0.1, -0.05) is 0 Å². The third-order valence-corrected chi connectivity index (χ3v) is 3.81. The number of hydrogen-bond acceptors (Lipinski definition) is 5. The Balaban J connectivity index is 1.69. The van der Waals surface area contributed by atoms with E-state index in [1.54, 1.807) is 12.4 Å². The molecule has 1 atom stereocenters. The molecule has 2 aromatic rings. The van der Waals surface area contributed by atoms with E-state index in [2.05, 4.69) is 20.6 Å². The van der Waals surface area contributed by atoms with Crippen LogP contribution in [-0.4, -0.2) is 22.4 Å². The maximum atomic E-state index is 11.9. The highest BCUT2D eigenvalue weighted by Gasteiger charge is 2.17. The number of thiazole rings is 1. The predicted octanol–water partition coefficient (Wildman–Crippen LogP) is 2.21. The molecular formula is C13H14N4OS. The molecule has 1 aliphatic rings. The molecule has 1 fully saturated rings. The minimum Gasteiger partial charge on any atom is -0.309 e. The van der Waals surface area contributed by atoms with Crippen molar-refractivity contribution in [3.05, 3.63) is 41.2 Å². The molecule has 0 bridgehead atoms. The second-order valence-corrected chi connectivity index (χ2v) is 5.31. The maximum Gasteiger partial charge on any atom is 0.259 e. The standard InChI is InChI=1S/C13H14N4OS/c18-12(17-13-15-6-7-19-13)9-3-4-11(16-8-9)10-2-1-5-14-10/h3-4,6-8,10,14H,1-2,5H2,(H,15,17,18)/t10-/m1/s1. The van der Waals surface area contributed by atoms with Crippen molar-refractivity contribution in [1.29, 1.82) is 0 Å². The molecule has 0 saturated carbocycles. The van der Waals surface area contributed by atoms with Crippen molar-refractivity contribution >= 4 is 22.4 Å². The molecule has 1 amide bonds. The molecule has 0 aliphatic carbocycles. The first-order valence-corrected chi connectivity index (χ1v) is 7.11. The first kappa shape index (κ1) is 12.3. The van der Waals surface area contributed by atoms with E-state index in [4.69, 9.17) is 0 Å². The Hall–Kier alpha value is -1.79. The second kappa shape index (κ2) is 5.46. The fourth-order valence-corrected chi connectivity index (χ4v) is 2.66. The van der Waals surface area contributed by atoms with Crippen molar-refractivity contribution in [2.75, 3.05) is 11.9 Å². The minimum atomic E-state index is -0.173. The third-order valence-electron chi connectivity index (χ3n) is 3.12. The van der Waals surface area contributed by atoms with Crippen LogP contribution in [0.2, 0.25) is 0 Å². The first-order valence-electron chi connectivity index (χ1n) is 6.23. The molecule has 6 heteroatoms. The fraction of sp³-hybridized carbons (Fsp3) is 0.308. The third kappa shape index (κ3) is 2.80. The lowest BCUT2D eigenvalue weighted by molar-refractivity contribution is 0.102. The van der Waals surface area contributed by atoms with Crippen molar-refractivity contribution in [2.45, 2.75) is 18.9 Å². The van der Waals surface area contributed by atoms with Gasteiger partial charge in [0.2, 0.25) is 0 Å². The van der Waals surface area contributed by atoms with Gasteiger partial charge in [0.15, 0.2) is 5.13 Å². The number of anilines is 1. The van der Waals surface area contributed by atoms with Gasteiger partial charge in [0.1, 0.15) is 0 Å². The number of carbonyl (C=O) groups is 1. The Bertz CT molecular complexity index is 547. The van der Waals surface area contributed by atoms with Crippen LogP contribution >= 0.6 is 11.3 Å². The van der Waals surface area contributed by atoms with Gasteiger partial charge in [0.25, 0.3) is 5.91 Å². The normalized spacial score (nSPS) is 18.4. The molecule has 3 rings (SSSR count). The number of aromatic nitrogens is 2. The molecule has 3 heterocycles. The zero-order valence-corrected chi connectivity index (χ0v) is 11.1. The summed E-state index contributed by atoms with van der Waals surface area (Å²) in [4.78, 5) is 20.3. The molecule has 0 radical (unpaired) electrons. The summed E-state index contributed by atoms with van der Waals surface area (Å²) < 4.78 is 0. The summed E-state index contributed by atoms with van der Waals surface area (Å²) in [5.74, 6) is -0.173. The SMILES string of the molecule is O=C(Nc1nccs1)c1ccc([C@H]2CCCN2)nc1. The van der Waals surface area contributed by atoms with Crippen LogP contribution < -0.4 is 10.6 Å². The summed E-state index contributed by atoms with van der Waals surface area (Å²) >= 11 is 1.40. The molecule has 0 aromatic carbocycles. The highest BCUT2D eigenvalue weighted by atomic mass is 32.1. The molecule has 0 unspecified atom stereocenters. The highest BCUT2D eigenvalue weighted by Crippen LogP contribution is 2.21. The lowest BCUT2D eigenvalue weighted by atomic mass is 10.1. The van der Waals surface area contributed by atoms with Crippen LogP contribution in [0.1, 0.15) is 34.9 Å². The van der Waals surface area contributed by atoms with E-state index < -0.39 is 0 Å². The van der Waals surface area contributed by atoms with Gasteiger partial charge >= 0.3 is 0 Å². The summed E-state index contributed by atoms with van der Waals surface area (Å²) in [5, 5.41) is 8.55. The second-order valence-electron chi connectivity index (χ2n) is 4.41. The van der Waals surface area contributed by atoms with Crippen LogP contribution in [0.5, 0.6) is 0 Å². The number of nitrogens with one attached hydrogen (secondary N) is 2. The predicted molar refractivity (Wildman–Crippen MR) is 74.3 cm³/mol. The zero-order valence-electron chi connectivity index (χ0n) is 10.3. The van der Waals surface area contributed by atoms with E-state index in [9.17, 15) is 4.79 Å². The van der Waals surface area contributed by atoms with Crippen molar-refractivity contribution in [2.24, 2.45) is 0 Å². The molecule has 1 saturated heterocycles. The Labute approximate surface area is 115 Å². The number of hydrogen-bond donors (Lipinski definition) is 2. The van der Waals surface area contributed by atoms with Gasteiger partial charge < -0.3 is 5.32 Å². The molecule has 19 heavy (non-hydrogen) atoms. The fourth-order valence-electron chi connectivity index (χ4n) is 2.14. The van der Waals surface area contributed by atoms with E-state index in [0.29, 0.717) is 16.7 Å². The van der Waals surface area contributed by atoms with Gasteiger partial charge in [-0.05, 0) is 31.5 Å². The molecule has 5 nitrogen and oxygen atoms in total. The summed E-state index contributed by atoms with van der Waals surface area (Å²) in [6.07, 6.45) is 5.57. The maximum absolute atomic E-state index is 11.9. The number of nitrogens with zero attached hydrogens (tertiary/aromatic N) is 2. The highest BCUT2D eigenvalue weighted by molar-refractivity contribution is 7.13. The smallest absolute Gasteiger partial charge is 0.259 e. The van der Waals surface area contributed by atoms with Crippen LogP contribution in [0.25, 0.3) is 0 Å². The van der Waals surface area contributed by atoms with Gasteiger partial charge in [0.05, 0.1) is 11.3 Å². The zero-order chi connectivity index (χ0) is 13.1. The van der Waals surface area contributed by atoms with Crippen LogP contribution in [0.4, 0.5) is 5.13 Å². The monoisotopic (exact) mass is 274 g/mol. The average Bonchev–Trinajstić information content (AvgIpc) is 3.12. The minimum absolute atomic E-state index is 0.173. The summed E-state index contributed by atoms with van der Waals surface area (Å²) in [7, 11) is 0. The molecular weight excluding hydrogens is 260 g/mol. The Morgan fingerprint density at radius 2 is 2.37 bits per heavy atom. The molecule has 1 aliphatic heterocycles.